The van der Waals surface area contributed by atoms with Crippen LogP contribution >= 0.6 is 0 Å². The first kappa shape index (κ1) is 33.1. The third kappa shape index (κ3) is 12.6. The molecule has 3 aromatic carbocycles. The Bertz CT molecular complexity index is 1050. The smallest absolute Gasteiger partial charge is 0.416 e. The van der Waals surface area contributed by atoms with Gasteiger partial charge in [0, 0.05) is 0 Å². The fraction of sp³-hybridized carbons (Fsp3) is 0.333. The van der Waals surface area contributed by atoms with E-state index in [0.717, 1.165) is 0 Å². The van der Waals surface area contributed by atoms with E-state index in [1.54, 1.807) is 0 Å². The monoisotopic (exact) mass is 622 g/mol. The quantitative estimate of drug-likeness (QED) is 0.304. The van der Waals surface area contributed by atoms with Crippen LogP contribution in [-0.4, -0.2) is 13.0 Å². The Balaban J connectivity index is 0.000000499. The first-order valence-electron chi connectivity index (χ1n) is 10.7. The maximum atomic E-state index is 12.0. The summed E-state index contributed by atoms with van der Waals surface area (Å²) in [4.78, 5) is -0.675. The number of hydrogen-bond donors (Lipinski definition) is 0. The van der Waals surface area contributed by atoms with Crippen LogP contribution in [-0.2, 0) is 27.1 Å². The molecule has 3 aromatic rings. The second-order valence-corrected chi connectivity index (χ2v) is 11.1. The molecule has 3 nitrogen and oxygen atoms in total. The first-order valence-corrected chi connectivity index (χ1v) is 12.1. The average molecular weight is 623 g/mol. The molecule has 0 bridgehead atoms. The SMILES string of the molecule is CC(C)(C)c1ccccc1.CC(C)(C)c1ccccc1.O=S(=O)([O-])c1ccc(C(F)(F)F)cc1.[IH2+]. The molecule has 0 saturated heterocycles. The van der Waals surface area contributed by atoms with Gasteiger partial charge in [-0.3, -0.25) is 0 Å². The van der Waals surface area contributed by atoms with Crippen LogP contribution in [0.5, 0.6) is 0 Å². The Morgan fingerprint density at radius 1 is 0.571 bits per heavy atom. The molecule has 0 aliphatic heterocycles. The Hall–Kier alpha value is -1.91. The van der Waals surface area contributed by atoms with Crippen LogP contribution in [0.15, 0.2) is 89.8 Å². The summed E-state index contributed by atoms with van der Waals surface area (Å²) < 4.78 is 67.0. The summed E-state index contributed by atoms with van der Waals surface area (Å²) in [5.74, 6) is 0. The molecule has 35 heavy (non-hydrogen) atoms. The van der Waals surface area contributed by atoms with E-state index in [2.05, 4.69) is 102 Å². The zero-order valence-corrected chi connectivity index (χ0v) is 24.2. The highest BCUT2D eigenvalue weighted by molar-refractivity contribution is 7.85. The molecule has 0 aromatic heterocycles. The van der Waals surface area contributed by atoms with Gasteiger partial charge in [-0.15, -0.1) is 0 Å². The molecular formula is C27H34F3IO3S. The van der Waals surface area contributed by atoms with Gasteiger partial charge in [-0.25, -0.2) is 8.42 Å². The Morgan fingerprint density at radius 3 is 1.09 bits per heavy atom. The largest absolute Gasteiger partial charge is 0.744 e. The zero-order chi connectivity index (χ0) is 26.2. The summed E-state index contributed by atoms with van der Waals surface area (Å²) in [5.41, 5.74) is 2.39. The van der Waals surface area contributed by atoms with E-state index < -0.39 is 26.8 Å². The summed E-state index contributed by atoms with van der Waals surface area (Å²) in [5, 5.41) is 0. The Morgan fingerprint density at radius 2 is 0.886 bits per heavy atom. The van der Waals surface area contributed by atoms with Crippen molar-refractivity contribution in [2.45, 2.75) is 63.4 Å². The van der Waals surface area contributed by atoms with Crippen molar-refractivity contribution in [3.63, 3.8) is 0 Å². The van der Waals surface area contributed by atoms with E-state index in [0.29, 0.717) is 35.1 Å². The molecule has 0 heterocycles. The number of benzene rings is 3. The summed E-state index contributed by atoms with van der Waals surface area (Å²) in [7, 11) is -4.68. The number of rotatable bonds is 1. The average Bonchev–Trinajstić information content (AvgIpc) is 2.74. The van der Waals surface area contributed by atoms with E-state index in [9.17, 15) is 26.1 Å². The second-order valence-electron chi connectivity index (χ2n) is 9.71. The summed E-state index contributed by atoms with van der Waals surface area (Å²) >= 11 is 0. The molecule has 0 radical (unpaired) electrons. The molecule has 0 saturated carbocycles. The van der Waals surface area contributed by atoms with Crippen molar-refractivity contribution in [1.29, 1.82) is 0 Å². The number of alkyl halides is 3. The van der Waals surface area contributed by atoms with Gasteiger partial charge in [0.2, 0.25) is 24.0 Å². The topological polar surface area (TPSA) is 57.2 Å². The van der Waals surface area contributed by atoms with Crippen LogP contribution in [0.4, 0.5) is 13.2 Å². The van der Waals surface area contributed by atoms with E-state index in [-0.39, 0.29) is 24.0 Å². The molecule has 0 amide bonds. The lowest BCUT2D eigenvalue weighted by atomic mass is 9.87. The highest BCUT2D eigenvalue weighted by atomic mass is 127. The number of hydrogen-bond acceptors (Lipinski definition) is 3. The molecule has 194 valence electrons. The van der Waals surface area contributed by atoms with E-state index in [1.165, 1.54) is 11.1 Å². The van der Waals surface area contributed by atoms with Crippen LogP contribution in [0.25, 0.3) is 0 Å². The molecule has 0 aliphatic carbocycles. The van der Waals surface area contributed by atoms with Crippen molar-refractivity contribution in [2.75, 3.05) is 0 Å². The molecule has 0 N–H and O–H groups in total. The van der Waals surface area contributed by atoms with Gasteiger partial charge in [0.05, 0.1) is 10.5 Å². The maximum Gasteiger partial charge on any atom is 0.416 e. The lowest BCUT2D eigenvalue weighted by Crippen LogP contribution is -3.00. The first-order chi connectivity index (χ1) is 15.4. The van der Waals surface area contributed by atoms with Gasteiger partial charge in [0.15, 0.2) is 0 Å². The van der Waals surface area contributed by atoms with Gasteiger partial charge in [-0.1, -0.05) is 102 Å². The Kier molecular flexibility index (Phi) is 12.7. The van der Waals surface area contributed by atoms with Crippen molar-refractivity contribution < 1.29 is 50.1 Å². The summed E-state index contributed by atoms with van der Waals surface area (Å²) in [6.45, 7) is 13.3. The highest BCUT2D eigenvalue weighted by Crippen LogP contribution is 2.29. The predicted molar refractivity (Wildman–Crippen MR) is 132 cm³/mol. The van der Waals surface area contributed by atoms with Crippen molar-refractivity contribution in [3.8, 4) is 0 Å². The fourth-order valence-electron chi connectivity index (χ4n) is 2.69. The van der Waals surface area contributed by atoms with Gasteiger partial charge in [-0.2, -0.15) is 13.2 Å². The lowest BCUT2D eigenvalue weighted by Gasteiger charge is -2.18. The highest BCUT2D eigenvalue weighted by Gasteiger charge is 2.30. The van der Waals surface area contributed by atoms with Crippen LogP contribution < -0.4 is 24.0 Å². The molecule has 0 fully saturated rings. The molecule has 3 rings (SSSR count). The van der Waals surface area contributed by atoms with Gasteiger partial charge in [0.1, 0.15) is 10.1 Å². The fourth-order valence-corrected chi connectivity index (χ4v) is 3.16. The van der Waals surface area contributed by atoms with Crippen LogP contribution in [0.1, 0.15) is 58.2 Å². The van der Waals surface area contributed by atoms with E-state index in [1.807, 2.05) is 0 Å². The van der Waals surface area contributed by atoms with Crippen molar-refractivity contribution in [2.24, 2.45) is 0 Å². The van der Waals surface area contributed by atoms with E-state index >= 15 is 0 Å². The van der Waals surface area contributed by atoms with Gasteiger partial charge in [-0.05, 0) is 46.2 Å². The third-order valence-electron chi connectivity index (χ3n) is 4.75. The van der Waals surface area contributed by atoms with Crippen molar-refractivity contribution in [1.82, 2.24) is 0 Å². The van der Waals surface area contributed by atoms with Crippen LogP contribution in [0.2, 0.25) is 0 Å². The maximum absolute atomic E-state index is 12.0. The van der Waals surface area contributed by atoms with Gasteiger partial charge < -0.3 is 4.55 Å². The molecule has 8 heteroatoms. The normalized spacial score (nSPS) is 11.7. The van der Waals surface area contributed by atoms with Crippen molar-refractivity contribution >= 4 is 10.1 Å². The van der Waals surface area contributed by atoms with Crippen LogP contribution in [0.3, 0.4) is 0 Å². The molecule has 0 aliphatic rings. The minimum absolute atomic E-state index is 0. The van der Waals surface area contributed by atoms with Gasteiger partial charge in [0.25, 0.3) is 0 Å². The summed E-state index contributed by atoms with van der Waals surface area (Å²) in [6, 6.07) is 23.5. The van der Waals surface area contributed by atoms with Crippen LogP contribution in [0, 0.1) is 0 Å². The minimum atomic E-state index is -4.68. The molecular weight excluding hydrogens is 588 g/mol. The van der Waals surface area contributed by atoms with Gasteiger partial charge >= 0.3 is 6.18 Å². The molecule has 0 spiro atoms. The third-order valence-corrected chi connectivity index (χ3v) is 5.60. The lowest BCUT2D eigenvalue weighted by molar-refractivity contribution is -0.137. The minimum Gasteiger partial charge on any atom is -0.744 e. The summed E-state index contributed by atoms with van der Waals surface area (Å²) in [6.07, 6.45) is -4.54. The Labute approximate surface area is 224 Å². The standard InChI is InChI=1S/2C10H14.C7H5F3O3S.H2I/c2*1-10(2,3)9-7-5-4-6-8-9;8-7(9,10)5-1-3-6(4-2-5)14(11,12)13;/h2*4-8H,1-3H3;1-4H,(H,11,12,13);1H2/q;;;+1/p-1. The predicted octanol–water partition coefficient (Wildman–Crippen LogP) is 4.05. The zero-order valence-electron chi connectivity index (χ0n) is 20.8. The second kappa shape index (κ2) is 13.4. The molecule has 0 unspecified atom stereocenters. The van der Waals surface area contributed by atoms with Crippen molar-refractivity contribution in [3.05, 3.63) is 102 Å². The molecule has 0 atom stereocenters. The number of halogens is 4. The van der Waals surface area contributed by atoms with E-state index in [4.69, 9.17) is 0 Å².